The Morgan fingerprint density at radius 3 is 1.31 bits per heavy atom. The van der Waals surface area contributed by atoms with Crippen LogP contribution >= 0.6 is 0 Å². The molecule has 0 aromatic heterocycles. The van der Waals surface area contributed by atoms with Crippen LogP contribution in [0.5, 0.6) is 0 Å². The van der Waals surface area contributed by atoms with Crippen LogP contribution in [0, 0.1) is 34.5 Å². The zero-order valence-corrected chi connectivity index (χ0v) is 9.10. The second-order valence-corrected chi connectivity index (χ2v) is 4.79. The SMILES string of the molecule is CC(C)(C)Cc1c(F)c(F)c(F)c(F)c1F. The van der Waals surface area contributed by atoms with Crippen molar-refractivity contribution in [1.82, 2.24) is 0 Å². The Morgan fingerprint density at radius 1 is 0.688 bits per heavy atom. The van der Waals surface area contributed by atoms with Gasteiger partial charge < -0.3 is 0 Å². The topological polar surface area (TPSA) is 0 Å². The van der Waals surface area contributed by atoms with E-state index in [1.165, 1.54) is 0 Å². The fourth-order valence-electron chi connectivity index (χ4n) is 1.34. The van der Waals surface area contributed by atoms with Gasteiger partial charge in [0.15, 0.2) is 23.3 Å². The Morgan fingerprint density at radius 2 is 1.00 bits per heavy atom. The van der Waals surface area contributed by atoms with Crippen LogP contribution in [-0.2, 0) is 6.42 Å². The molecule has 0 nitrogen and oxygen atoms in total. The predicted molar refractivity (Wildman–Crippen MR) is 49.4 cm³/mol. The van der Waals surface area contributed by atoms with Gasteiger partial charge in [-0.1, -0.05) is 20.8 Å². The van der Waals surface area contributed by atoms with Gasteiger partial charge in [-0.25, -0.2) is 22.0 Å². The number of rotatable bonds is 1. The maximum Gasteiger partial charge on any atom is 0.200 e. The van der Waals surface area contributed by atoms with Gasteiger partial charge in [0.05, 0.1) is 0 Å². The minimum absolute atomic E-state index is 0.223. The van der Waals surface area contributed by atoms with Gasteiger partial charge in [-0.15, -0.1) is 0 Å². The molecule has 16 heavy (non-hydrogen) atoms. The van der Waals surface area contributed by atoms with Crippen LogP contribution in [0.2, 0.25) is 0 Å². The molecule has 0 unspecified atom stereocenters. The lowest BCUT2D eigenvalue weighted by Crippen LogP contribution is -2.15. The van der Waals surface area contributed by atoms with Crippen LogP contribution in [0.15, 0.2) is 0 Å². The summed E-state index contributed by atoms with van der Waals surface area (Å²) in [5.74, 6) is -9.39. The molecule has 1 aromatic rings. The monoisotopic (exact) mass is 238 g/mol. The van der Waals surface area contributed by atoms with Crippen molar-refractivity contribution in [2.45, 2.75) is 27.2 Å². The van der Waals surface area contributed by atoms with Crippen LogP contribution in [-0.4, -0.2) is 0 Å². The maximum atomic E-state index is 13.2. The summed E-state index contributed by atoms with van der Waals surface area (Å²) < 4.78 is 64.8. The van der Waals surface area contributed by atoms with E-state index in [4.69, 9.17) is 0 Å². The summed E-state index contributed by atoms with van der Waals surface area (Å²) in [6.07, 6.45) is -0.223. The van der Waals surface area contributed by atoms with Gasteiger partial charge in [0.1, 0.15) is 0 Å². The molecule has 0 saturated heterocycles. The molecule has 0 heterocycles. The second-order valence-electron chi connectivity index (χ2n) is 4.79. The standard InChI is InChI=1S/C11H11F5/c1-11(2,3)4-5-6(12)8(14)10(16)9(15)7(5)13/h4H2,1-3H3. The van der Waals surface area contributed by atoms with E-state index in [2.05, 4.69) is 0 Å². The highest BCUT2D eigenvalue weighted by molar-refractivity contribution is 5.24. The van der Waals surface area contributed by atoms with Crippen molar-refractivity contribution >= 4 is 0 Å². The quantitative estimate of drug-likeness (QED) is 0.394. The fourth-order valence-corrected chi connectivity index (χ4v) is 1.34. The van der Waals surface area contributed by atoms with Crippen molar-refractivity contribution in [3.05, 3.63) is 34.6 Å². The van der Waals surface area contributed by atoms with E-state index in [1.807, 2.05) is 0 Å². The molecule has 0 atom stereocenters. The first-order chi connectivity index (χ1) is 7.15. The lowest BCUT2D eigenvalue weighted by Gasteiger charge is -2.19. The number of hydrogen-bond acceptors (Lipinski definition) is 0. The molecule has 0 bridgehead atoms. The highest BCUT2D eigenvalue weighted by Gasteiger charge is 2.27. The van der Waals surface area contributed by atoms with E-state index in [0.29, 0.717) is 0 Å². The third-order valence-electron chi connectivity index (χ3n) is 2.01. The summed E-state index contributed by atoms with van der Waals surface area (Å²) in [4.78, 5) is 0. The summed E-state index contributed by atoms with van der Waals surface area (Å²) in [5.41, 5.74) is -1.33. The van der Waals surface area contributed by atoms with Crippen LogP contribution in [0.4, 0.5) is 22.0 Å². The molecule has 0 saturated carbocycles. The fraction of sp³-hybridized carbons (Fsp3) is 0.455. The highest BCUT2D eigenvalue weighted by atomic mass is 19.2. The minimum atomic E-state index is -2.12. The molecule has 90 valence electrons. The lowest BCUT2D eigenvalue weighted by molar-refractivity contribution is 0.344. The van der Waals surface area contributed by atoms with Gasteiger partial charge in [-0.2, -0.15) is 0 Å². The van der Waals surface area contributed by atoms with Crippen LogP contribution in [0.3, 0.4) is 0 Å². The summed E-state index contributed by atoms with van der Waals surface area (Å²) in [7, 11) is 0. The maximum absolute atomic E-state index is 13.2. The van der Waals surface area contributed by atoms with Crippen LogP contribution in [0.25, 0.3) is 0 Å². The Balaban J connectivity index is 3.40. The summed E-state index contributed by atoms with van der Waals surface area (Å²) in [6, 6.07) is 0. The summed E-state index contributed by atoms with van der Waals surface area (Å²) in [6.45, 7) is 4.93. The van der Waals surface area contributed by atoms with Gasteiger partial charge >= 0.3 is 0 Å². The highest BCUT2D eigenvalue weighted by Crippen LogP contribution is 2.28. The zero-order chi connectivity index (χ0) is 12.7. The minimum Gasteiger partial charge on any atom is -0.203 e. The smallest absolute Gasteiger partial charge is 0.200 e. The molecular formula is C11H11F5. The van der Waals surface area contributed by atoms with E-state index in [-0.39, 0.29) is 6.42 Å². The lowest BCUT2D eigenvalue weighted by atomic mass is 9.87. The van der Waals surface area contributed by atoms with E-state index in [0.717, 1.165) is 0 Å². The molecule has 0 amide bonds. The molecule has 0 aliphatic heterocycles. The number of hydrogen-bond donors (Lipinski definition) is 0. The van der Waals surface area contributed by atoms with E-state index >= 15 is 0 Å². The summed E-state index contributed by atoms with van der Waals surface area (Å²) >= 11 is 0. The Bertz CT molecular complexity index is 388. The average Bonchev–Trinajstić information content (AvgIpc) is 2.17. The van der Waals surface area contributed by atoms with Gasteiger partial charge in [0.25, 0.3) is 0 Å². The molecule has 0 N–H and O–H groups in total. The third-order valence-corrected chi connectivity index (χ3v) is 2.01. The van der Waals surface area contributed by atoms with E-state index in [1.54, 1.807) is 20.8 Å². The second kappa shape index (κ2) is 4.03. The van der Waals surface area contributed by atoms with Crippen molar-refractivity contribution in [2.75, 3.05) is 0 Å². The third kappa shape index (κ3) is 2.33. The molecular weight excluding hydrogens is 227 g/mol. The Hall–Kier alpha value is -1.13. The Labute approximate surface area is 90.1 Å². The summed E-state index contributed by atoms with van der Waals surface area (Å²) in [5, 5.41) is 0. The van der Waals surface area contributed by atoms with Gasteiger partial charge in [0, 0.05) is 5.56 Å². The molecule has 0 radical (unpaired) electrons. The molecule has 0 aliphatic carbocycles. The normalized spacial score (nSPS) is 12.0. The number of benzene rings is 1. The van der Waals surface area contributed by atoms with Crippen molar-refractivity contribution in [3.8, 4) is 0 Å². The molecule has 0 spiro atoms. The van der Waals surface area contributed by atoms with Crippen molar-refractivity contribution < 1.29 is 22.0 Å². The van der Waals surface area contributed by atoms with E-state index < -0.39 is 40.1 Å². The predicted octanol–water partition coefficient (Wildman–Crippen LogP) is 3.97. The van der Waals surface area contributed by atoms with Crippen LogP contribution < -0.4 is 0 Å². The molecule has 5 heteroatoms. The molecule has 0 aliphatic rings. The van der Waals surface area contributed by atoms with Crippen molar-refractivity contribution in [2.24, 2.45) is 5.41 Å². The first kappa shape index (κ1) is 12.9. The first-order valence-electron chi connectivity index (χ1n) is 4.65. The number of halogens is 5. The molecule has 1 aromatic carbocycles. The van der Waals surface area contributed by atoms with Gasteiger partial charge in [-0.3, -0.25) is 0 Å². The largest absolute Gasteiger partial charge is 0.203 e. The molecule has 1 rings (SSSR count). The van der Waals surface area contributed by atoms with Crippen molar-refractivity contribution in [3.63, 3.8) is 0 Å². The first-order valence-corrected chi connectivity index (χ1v) is 4.65. The van der Waals surface area contributed by atoms with E-state index in [9.17, 15) is 22.0 Å². The average molecular weight is 238 g/mol. The Kier molecular flexibility index (Phi) is 3.26. The van der Waals surface area contributed by atoms with Gasteiger partial charge in [-0.05, 0) is 11.8 Å². The van der Waals surface area contributed by atoms with Gasteiger partial charge in [0.2, 0.25) is 5.82 Å². The van der Waals surface area contributed by atoms with Crippen LogP contribution in [0.1, 0.15) is 26.3 Å². The molecule has 0 fully saturated rings. The zero-order valence-electron chi connectivity index (χ0n) is 9.10. The van der Waals surface area contributed by atoms with Crippen molar-refractivity contribution in [1.29, 1.82) is 0 Å².